The predicted octanol–water partition coefficient (Wildman–Crippen LogP) is 2.95. The first-order chi connectivity index (χ1) is 7.26. The van der Waals surface area contributed by atoms with E-state index >= 15 is 0 Å². The van der Waals surface area contributed by atoms with E-state index in [-0.39, 0.29) is 0 Å². The lowest BCUT2D eigenvalue weighted by Gasteiger charge is -2.08. The number of benzene rings is 1. The third kappa shape index (κ3) is 4.30. The maximum Gasteiger partial charge on any atom is 0.123 e. The van der Waals surface area contributed by atoms with Gasteiger partial charge < -0.3 is 9.47 Å². The van der Waals surface area contributed by atoms with Crippen molar-refractivity contribution in [2.45, 2.75) is 6.92 Å². The molecule has 0 unspecified atom stereocenters. The van der Waals surface area contributed by atoms with E-state index in [9.17, 15) is 0 Å². The Morgan fingerprint density at radius 1 is 1.33 bits per heavy atom. The van der Waals surface area contributed by atoms with Crippen molar-refractivity contribution >= 4 is 12.6 Å². The first-order valence-electron chi connectivity index (χ1n) is 4.89. The maximum absolute atomic E-state index is 5.52. The van der Waals surface area contributed by atoms with Gasteiger partial charge in [0.2, 0.25) is 0 Å². The SMILES string of the molecule is C=C(CS)COc1cccc(OCC)c1. The summed E-state index contributed by atoms with van der Waals surface area (Å²) in [5.41, 5.74) is 0.958. The van der Waals surface area contributed by atoms with Gasteiger partial charge in [-0.3, -0.25) is 0 Å². The van der Waals surface area contributed by atoms with Gasteiger partial charge in [-0.2, -0.15) is 12.6 Å². The van der Waals surface area contributed by atoms with Crippen LogP contribution in [0.25, 0.3) is 0 Å². The van der Waals surface area contributed by atoms with Crippen molar-refractivity contribution in [3.8, 4) is 11.5 Å². The molecule has 0 radical (unpaired) electrons. The van der Waals surface area contributed by atoms with Crippen LogP contribution < -0.4 is 9.47 Å². The lowest BCUT2D eigenvalue weighted by molar-refractivity contribution is 0.328. The smallest absolute Gasteiger partial charge is 0.123 e. The van der Waals surface area contributed by atoms with Gasteiger partial charge in [-0.25, -0.2) is 0 Å². The normalized spacial score (nSPS) is 9.73. The topological polar surface area (TPSA) is 18.5 Å². The fraction of sp³-hybridized carbons (Fsp3) is 0.333. The van der Waals surface area contributed by atoms with Crippen LogP contribution in [0.5, 0.6) is 11.5 Å². The highest BCUT2D eigenvalue weighted by atomic mass is 32.1. The third-order valence-electron chi connectivity index (χ3n) is 1.78. The number of rotatable bonds is 6. The summed E-state index contributed by atoms with van der Waals surface area (Å²) in [5, 5.41) is 0. The molecule has 0 aliphatic carbocycles. The molecule has 0 atom stereocenters. The quantitative estimate of drug-likeness (QED) is 0.591. The average Bonchev–Trinajstić information content (AvgIpc) is 2.27. The Hall–Kier alpha value is -1.09. The standard InChI is InChI=1S/C12H16O2S/c1-3-13-11-5-4-6-12(7-11)14-8-10(2)9-15/h4-7,15H,2-3,8-9H2,1H3. The average molecular weight is 224 g/mol. The first kappa shape index (κ1) is 12.0. The van der Waals surface area contributed by atoms with Crippen LogP contribution in [0, 0.1) is 0 Å². The van der Waals surface area contributed by atoms with Crippen molar-refractivity contribution in [1.82, 2.24) is 0 Å². The number of thiol groups is 1. The summed E-state index contributed by atoms with van der Waals surface area (Å²) in [7, 11) is 0. The van der Waals surface area contributed by atoms with Crippen LogP contribution in [-0.2, 0) is 0 Å². The van der Waals surface area contributed by atoms with E-state index in [1.807, 2.05) is 31.2 Å². The molecule has 0 amide bonds. The van der Waals surface area contributed by atoms with Gasteiger partial charge in [-0.1, -0.05) is 12.6 Å². The van der Waals surface area contributed by atoms with E-state index in [2.05, 4.69) is 19.2 Å². The highest BCUT2D eigenvalue weighted by Crippen LogP contribution is 2.19. The largest absolute Gasteiger partial charge is 0.494 e. The van der Waals surface area contributed by atoms with Gasteiger partial charge in [0.05, 0.1) is 6.61 Å². The molecule has 15 heavy (non-hydrogen) atoms. The molecule has 0 bridgehead atoms. The zero-order chi connectivity index (χ0) is 11.1. The molecule has 82 valence electrons. The fourth-order valence-electron chi connectivity index (χ4n) is 1.05. The molecular formula is C12H16O2S. The van der Waals surface area contributed by atoms with E-state index in [1.54, 1.807) is 0 Å². The zero-order valence-corrected chi connectivity index (χ0v) is 9.80. The van der Waals surface area contributed by atoms with Crippen LogP contribution in [0.15, 0.2) is 36.4 Å². The van der Waals surface area contributed by atoms with Crippen molar-refractivity contribution in [2.24, 2.45) is 0 Å². The second kappa shape index (κ2) is 6.40. The van der Waals surface area contributed by atoms with Gasteiger partial charge >= 0.3 is 0 Å². The van der Waals surface area contributed by atoms with Crippen LogP contribution in [-0.4, -0.2) is 19.0 Å². The summed E-state index contributed by atoms with van der Waals surface area (Å²) < 4.78 is 10.9. The Labute approximate surface area is 96.3 Å². The molecule has 0 saturated heterocycles. The van der Waals surface area contributed by atoms with Crippen LogP contribution >= 0.6 is 12.6 Å². The van der Waals surface area contributed by atoms with Crippen LogP contribution in [0.2, 0.25) is 0 Å². The summed E-state index contributed by atoms with van der Waals surface area (Å²) in [6.07, 6.45) is 0. The summed E-state index contributed by atoms with van der Waals surface area (Å²) in [4.78, 5) is 0. The van der Waals surface area contributed by atoms with Crippen molar-refractivity contribution in [2.75, 3.05) is 19.0 Å². The second-order valence-corrected chi connectivity index (χ2v) is 3.42. The molecule has 0 spiro atoms. The molecule has 0 fully saturated rings. The predicted molar refractivity (Wildman–Crippen MR) is 66.1 cm³/mol. The van der Waals surface area contributed by atoms with E-state index in [1.165, 1.54) is 0 Å². The van der Waals surface area contributed by atoms with Crippen LogP contribution in [0.3, 0.4) is 0 Å². The zero-order valence-electron chi connectivity index (χ0n) is 8.90. The van der Waals surface area contributed by atoms with Gasteiger partial charge in [0.15, 0.2) is 0 Å². The molecule has 0 aromatic heterocycles. The number of ether oxygens (including phenoxy) is 2. The molecule has 1 aromatic rings. The molecule has 0 heterocycles. The molecule has 2 nitrogen and oxygen atoms in total. The Balaban J connectivity index is 2.53. The first-order valence-corrected chi connectivity index (χ1v) is 5.52. The highest BCUT2D eigenvalue weighted by Gasteiger charge is 1.98. The van der Waals surface area contributed by atoms with E-state index in [0.29, 0.717) is 19.0 Å². The second-order valence-electron chi connectivity index (χ2n) is 3.10. The van der Waals surface area contributed by atoms with Crippen LogP contribution in [0.1, 0.15) is 6.92 Å². The molecule has 0 aliphatic rings. The lowest BCUT2D eigenvalue weighted by atomic mass is 10.3. The van der Waals surface area contributed by atoms with Crippen molar-refractivity contribution in [3.63, 3.8) is 0 Å². The van der Waals surface area contributed by atoms with Crippen LogP contribution in [0.4, 0.5) is 0 Å². The summed E-state index contributed by atoms with van der Waals surface area (Å²) in [5.74, 6) is 2.26. The number of hydrogen-bond donors (Lipinski definition) is 1. The molecule has 3 heteroatoms. The van der Waals surface area contributed by atoms with E-state index in [0.717, 1.165) is 17.1 Å². The van der Waals surface area contributed by atoms with Crippen molar-refractivity contribution in [1.29, 1.82) is 0 Å². The Morgan fingerprint density at radius 3 is 2.60 bits per heavy atom. The van der Waals surface area contributed by atoms with E-state index < -0.39 is 0 Å². The molecule has 0 N–H and O–H groups in total. The van der Waals surface area contributed by atoms with Gasteiger partial charge in [-0.05, 0) is 24.6 Å². The Kier molecular flexibility index (Phi) is 5.12. The summed E-state index contributed by atoms with van der Waals surface area (Å²) >= 11 is 4.11. The monoisotopic (exact) mass is 224 g/mol. The Bertz CT molecular complexity index is 323. The number of hydrogen-bond acceptors (Lipinski definition) is 3. The van der Waals surface area contributed by atoms with Gasteiger partial charge in [0.25, 0.3) is 0 Å². The third-order valence-corrected chi connectivity index (χ3v) is 2.23. The van der Waals surface area contributed by atoms with Gasteiger partial charge in [0.1, 0.15) is 18.1 Å². The Morgan fingerprint density at radius 2 is 2.00 bits per heavy atom. The minimum absolute atomic E-state index is 0.499. The molecule has 1 rings (SSSR count). The minimum Gasteiger partial charge on any atom is -0.494 e. The highest BCUT2D eigenvalue weighted by molar-refractivity contribution is 7.80. The fourth-order valence-corrected chi connectivity index (χ4v) is 1.14. The molecule has 1 aromatic carbocycles. The lowest BCUT2D eigenvalue weighted by Crippen LogP contribution is -2.01. The summed E-state index contributed by atoms with van der Waals surface area (Å²) in [6, 6.07) is 7.58. The van der Waals surface area contributed by atoms with Crippen molar-refractivity contribution in [3.05, 3.63) is 36.4 Å². The van der Waals surface area contributed by atoms with Gasteiger partial charge in [0, 0.05) is 11.8 Å². The summed E-state index contributed by atoms with van der Waals surface area (Å²) in [6.45, 7) is 6.93. The molecule has 0 saturated carbocycles. The minimum atomic E-state index is 0.499. The molecule has 0 aliphatic heterocycles. The van der Waals surface area contributed by atoms with Crippen molar-refractivity contribution < 1.29 is 9.47 Å². The van der Waals surface area contributed by atoms with Gasteiger partial charge in [-0.15, -0.1) is 0 Å². The van der Waals surface area contributed by atoms with E-state index in [4.69, 9.17) is 9.47 Å². The molecular weight excluding hydrogens is 208 g/mol. The maximum atomic E-state index is 5.52.